The Kier molecular flexibility index (Phi) is 13.2. The Bertz CT molecular complexity index is 2080. The van der Waals surface area contributed by atoms with Crippen LogP contribution in [-0.2, 0) is 0 Å². The third-order valence-electron chi connectivity index (χ3n) is 10.3. The molecule has 282 valence electrons. The molecule has 1 N–H and O–H groups in total. The summed E-state index contributed by atoms with van der Waals surface area (Å²) in [5.74, 6) is 1.98. The van der Waals surface area contributed by atoms with Gasteiger partial charge in [0.15, 0.2) is 8.24 Å². The highest BCUT2D eigenvalue weighted by Crippen LogP contribution is 2.44. The van der Waals surface area contributed by atoms with E-state index in [4.69, 9.17) is 0 Å². The molecule has 56 heavy (non-hydrogen) atoms. The van der Waals surface area contributed by atoms with E-state index in [0.717, 1.165) is 5.79 Å². The van der Waals surface area contributed by atoms with Crippen molar-refractivity contribution in [3.8, 4) is 0 Å². The molecule has 0 saturated heterocycles. The standard InChI is InChI=1S/C51H54NP3Si/c1-39(2)45-32-23-33-46(40(3)4)51(45)52-56(5,6)38-53(47-34-19-21-36-49(47)54(41-24-11-7-12-25-41)42-26-13-8-14-27-42)48-35-20-22-37-50(48)55(43-28-15-9-16-29-43)44-30-17-10-18-31-44/h7-37,39-40,52H,38H2,1-6H3. The predicted octanol–water partition coefficient (Wildman–Crippen LogP) is 10.7. The molecule has 0 amide bonds. The van der Waals surface area contributed by atoms with Crippen LogP contribution in [0.1, 0.15) is 50.7 Å². The van der Waals surface area contributed by atoms with Gasteiger partial charge in [0.2, 0.25) is 0 Å². The molecular formula is C51H54NP3Si. The second-order valence-corrected chi connectivity index (χ2v) is 27.2. The molecule has 7 rings (SSSR count). The van der Waals surface area contributed by atoms with Gasteiger partial charge in [-0.25, -0.2) is 0 Å². The highest BCUT2D eigenvalue weighted by atomic mass is 31.1. The lowest BCUT2D eigenvalue weighted by atomic mass is 9.93. The first-order chi connectivity index (χ1) is 27.2. The van der Waals surface area contributed by atoms with Crippen molar-refractivity contribution in [1.82, 2.24) is 0 Å². The van der Waals surface area contributed by atoms with Gasteiger partial charge in [-0.3, -0.25) is 0 Å². The van der Waals surface area contributed by atoms with Crippen LogP contribution in [0, 0.1) is 0 Å². The van der Waals surface area contributed by atoms with Crippen LogP contribution in [0.5, 0.6) is 0 Å². The maximum atomic E-state index is 4.38. The molecular weight excluding hydrogens is 748 g/mol. The van der Waals surface area contributed by atoms with Crippen LogP contribution >= 0.6 is 23.8 Å². The molecule has 0 bridgehead atoms. The zero-order valence-electron chi connectivity index (χ0n) is 33.6. The van der Waals surface area contributed by atoms with Gasteiger partial charge in [0, 0.05) is 5.69 Å². The van der Waals surface area contributed by atoms with Crippen molar-refractivity contribution in [3.63, 3.8) is 0 Å². The lowest BCUT2D eigenvalue weighted by Gasteiger charge is -2.36. The summed E-state index contributed by atoms with van der Waals surface area (Å²) < 4.78 is 0. The van der Waals surface area contributed by atoms with Crippen molar-refractivity contribution in [2.45, 2.75) is 52.6 Å². The van der Waals surface area contributed by atoms with Crippen molar-refractivity contribution in [3.05, 3.63) is 199 Å². The molecule has 0 unspecified atom stereocenters. The lowest BCUT2D eigenvalue weighted by Crippen LogP contribution is -2.46. The second-order valence-electron chi connectivity index (χ2n) is 15.7. The third kappa shape index (κ3) is 9.18. The van der Waals surface area contributed by atoms with Gasteiger partial charge in [-0.05, 0) is 94.9 Å². The van der Waals surface area contributed by atoms with E-state index >= 15 is 0 Å². The first kappa shape index (κ1) is 40.1. The van der Waals surface area contributed by atoms with Gasteiger partial charge in [-0.1, -0.05) is 229 Å². The molecule has 0 radical (unpaired) electrons. The average Bonchev–Trinajstić information content (AvgIpc) is 3.22. The van der Waals surface area contributed by atoms with E-state index in [9.17, 15) is 0 Å². The number of para-hydroxylation sites is 1. The highest BCUT2D eigenvalue weighted by Gasteiger charge is 2.35. The van der Waals surface area contributed by atoms with E-state index < -0.39 is 32.0 Å². The fourth-order valence-electron chi connectivity index (χ4n) is 7.69. The highest BCUT2D eigenvalue weighted by molar-refractivity contribution is 7.86. The Hall–Kier alpha value is -4.15. The monoisotopic (exact) mass is 801 g/mol. The van der Waals surface area contributed by atoms with Crippen molar-refractivity contribution < 1.29 is 0 Å². The Labute approximate surface area is 341 Å². The normalized spacial score (nSPS) is 11.9. The summed E-state index contributed by atoms with van der Waals surface area (Å²) in [6.07, 6.45) is 0. The Morgan fingerprint density at radius 2 is 0.696 bits per heavy atom. The number of rotatable bonds is 14. The molecule has 0 aliphatic heterocycles. The molecule has 0 aliphatic rings. The van der Waals surface area contributed by atoms with E-state index in [2.05, 4.69) is 234 Å². The van der Waals surface area contributed by atoms with E-state index in [-0.39, 0.29) is 0 Å². The largest absolute Gasteiger partial charge is 0.410 e. The van der Waals surface area contributed by atoms with Gasteiger partial charge < -0.3 is 4.98 Å². The molecule has 0 atom stereocenters. The summed E-state index contributed by atoms with van der Waals surface area (Å²) in [5.41, 5.74) is 4.22. The fourth-order valence-corrected chi connectivity index (χ4v) is 21.0. The van der Waals surface area contributed by atoms with Crippen molar-refractivity contribution >= 4 is 80.1 Å². The van der Waals surface area contributed by atoms with E-state index in [0.29, 0.717) is 11.8 Å². The predicted molar refractivity (Wildman–Crippen MR) is 257 cm³/mol. The van der Waals surface area contributed by atoms with E-state index in [1.807, 2.05) is 0 Å². The quantitative estimate of drug-likeness (QED) is 0.0853. The van der Waals surface area contributed by atoms with Crippen molar-refractivity contribution in [2.75, 3.05) is 10.8 Å². The first-order valence-corrected chi connectivity index (χ1v) is 27.3. The molecule has 0 aromatic heterocycles. The molecule has 0 fully saturated rings. The van der Waals surface area contributed by atoms with Crippen LogP contribution in [0.3, 0.4) is 0 Å². The Morgan fingerprint density at radius 3 is 1.02 bits per heavy atom. The van der Waals surface area contributed by atoms with E-state index in [1.165, 1.54) is 59.3 Å². The summed E-state index contributed by atoms with van der Waals surface area (Å²) in [6, 6.07) is 70.9. The average molecular weight is 802 g/mol. The zero-order chi connectivity index (χ0) is 39.1. The maximum Gasteiger partial charge on any atom is 0.152 e. The number of hydrogen-bond acceptors (Lipinski definition) is 1. The molecule has 0 saturated carbocycles. The smallest absolute Gasteiger partial charge is 0.152 e. The summed E-state index contributed by atoms with van der Waals surface area (Å²) in [6.45, 7) is 14.5. The molecule has 1 nitrogen and oxygen atoms in total. The van der Waals surface area contributed by atoms with Crippen LogP contribution in [0.4, 0.5) is 5.69 Å². The van der Waals surface area contributed by atoms with Crippen molar-refractivity contribution in [2.24, 2.45) is 0 Å². The molecule has 0 aliphatic carbocycles. The van der Waals surface area contributed by atoms with Crippen LogP contribution in [0.15, 0.2) is 188 Å². The van der Waals surface area contributed by atoms with Gasteiger partial charge in [0.1, 0.15) is 0 Å². The van der Waals surface area contributed by atoms with Gasteiger partial charge in [-0.2, -0.15) is 0 Å². The molecule has 7 aromatic carbocycles. The van der Waals surface area contributed by atoms with Crippen LogP contribution in [0.2, 0.25) is 13.1 Å². The molecule has 5 heteroatoms. The van der Waals surface area contributed by atoms with Crippen LogP contribution < -0.4 is 47.4 Å². The molecule has 0 heterocycles. The van der Waals surface area contributed by atoms with Gasteiger partial charge in [0.05, 0.1) is 0 Å². The summed E-state index contributed by atoms with van der Waals surface area (Å²) in [5, 5.41) is 11.5. The first-order valence-electron chi connectivity index (χ1n) is 19.9. The topological polar surface area (TPSA) is 12.0 Å². The van der Waals surface area contributed by atoms with Crippen LogP contribution in [0.25, 0.3) is 0 Å². The number of nitrogens with one attached hydrogen (secondary N) is 1. The minimum absolute atomic E-state index is 0.435. The minimum Gasteiger partial charge on any atom is -0.410 e. The Morgan fingerprint density at radius 1 is 0.393 bits per heavy atom. The van der Waals surface area contributed by atoms with Crippen molar-refractivity contribution in [1.29, 1.82) is 0 Å². The van der Waals surface area contributed by atoms with Gasteiger partial charge in [-0.15, -0.1) is 0 Å². The van der Waals surface area contributed by atoms with E-state index in [1.54, 1.807) is 0 Å². The number of anilines is 1. The van der Waals surface area contributed by atoms with Gasteiger partial charge >= 0.3 is 0 Å². The van der Waals surface area contributed by atoms with Gasteiger partial charge in [0.25, 0.3) is 0 Å². The molecule has 0 spiro atoms. The van der Waals surface area contributed by atoms with Crippen LogP contribution in [-0.4, -0.2) is 14.0 Å². The Balaban J connectivity index is 1.46. The number of benzene rings is 7. The second kappa shape index (κ2) is 18.4. The fraction of sp³-hybridized carbons (Fsp3) is 0.176. The third-order valence-corrected chi connectivity index (χ3v) is 22.9. The maximum absolute atomic E-state index is 4.38. The SMILES string of the molecule is CC(C)c1cccc(C(C)C)c1N[Si](C)(C)CP(c1ccccc1P(c1ccccc1)c1ccccc1)c1ccccc1P(c1ccccc1)c1ccccc1. The molecule has 7 aromatic rings. The summed E-state index contributed by atoms with van der Waals surface area (Å²) >= 11 is 0. The zero-order valence-corrected chi connectivity index (χ0v) is 37.3. The summed E-state index contributed by atoms with van der Waals surface area (Å²) in [4.78, 5) is 4.38. The minimum atomic E-state index is -2.17. The summed E-state index contributed by atoms with van der Waals surface area (Å²) in [7, 11) is -4.59. The number of hydrogen-bond donors (Lipinski definition) is 1. The lowest BCUT2D eigenvalue weighted by molar-refractivity contribution is 0.839.